The van der Waals surface area contributed by atoms with Gasteiger partial charge in [0.25, 0.3) is 0 Å². The molecule has 3 nitrogen and oxygen atoms in total. The van der Waals surface area contributed by atoms with Crippen molar-refractivity contribution in [1.29, 1.82) is 0 Å². The molecule has 1 heterocycles. The normalized spacial score (nSPS) is 26.4. The van der Waals surface area contributed by atoms with Crippen molar-refractivity contribution >= 4 is 16.9 Å². The maximum Gasteiger partial charge on any atom is 0.312 e. The molecule has 120 valence electrons. The number of benzene rings is 1. The summed E-state index contributed by atoms with van der Waals surface area (Å²) in [6, 6.07) is 10.6. The molecule has 2 aliphatic rings. The molecule has 1 fully saturated rings. The fourth-order valence-corrected chi connectivity index (χ4v) is 4.63. The minimum Gasteiger partial charge on any atom is -0.466 e. The number of fused-ring (bicyclic) bond motifs is 4. The Kier molecular flexibility index (Phi) is 3.59. The number of carbonyl (C=O) groups is 1. The quantitative estimate of drug-likeness (QED) is 0.772. The van der Waals surface area contributed by atoms with Gasteiger partial charge in [-0.2, -0.15) is 0 Å². The van der Waals surface area contributed by atoms with Crippen LogP contribution >= 0.6 is 0 Å². The molecular formula is C20H23NO2. The van der Waals surface area contributed by atoms with Gasteiger partial charge in [-0.3, -0.25) is 9.78 Å². The lowest BCUT2D eigenvalue weighted by atomic mass is 9.58. The molecule has 0 bridgehead atoms. The number of para-hydroxylation sites is 1. The zero-order valence-corrected chi connectivity index (χ0v) is 13.7. The highest BCUT2D eigenvalue weighted by Crippen LogP contribution is 2.54. The van der Waals surface area contributed by atoms with E-state index in [1.54, 1.807) is 0 Å². The van der Waals surface area contributed by atoms with Gasteiger partial charge in [0, 0.05) is 17.0 Å². The molecule has 2 aromatic rings. The van der Waals surface area contributed by atoms with Crippen molar-refractivity contribution in [1.82, 2.24) is 4.98 Å². The van der Waals surface area contributed by atoms with Crippen molar-refractivity contribution in [3.05, 3.63) is 41.6 Å². The van der Waals surface area contributed by atoms with E-state index in [1.165, 1.54) is 23.1 Å². The van der Waals surface area contributed by atoms with Gasteiger partial charge < -0.3 is 4.74 Å². The van der Waals surface area contributed by atoms with Gasteiger partial charge in [-0.25, -0.2) is 0 Å². The fraction of sp³-hybridized carbons (Fsp3) is 0.500. The number of aryl methyl sites for hydroxylation is 1. The molecule has 0 aliphatic heterocycles. The van der Waals surface area contributed by atoms with E-state index in [0.717, 1.165) is 37.6 Å². The highest BCUT2D eigenvalue weighted by Gasteiger charge is 2.51. The zero-order valence-electron chi connectivity index (χ0n) is 13.7. The van der Waals surface area contributed by atoms with Crippen LogP contribution in [0.4, 0.5) is 0 Å². The first-order chi connectivity index (χ1) is 11.2. The summed E-state index contributed by atoms with van der Waals surface area (Å²) in [5.74, 6) is 0.291. The van der Waals surface area contributed by atoms with E-state index >= 15 is 0 Å². The van der Waals surface area contributed by atoms with Crippen molar-refractivity contribution in [2.75, 3.05) is 6.61 Å². The summed E-state index contributed by atoms with van der Waals surface area (Å²) < 4.78 is 5.48. The summed E-state index contributed by atoms with van der Waals surface area (Å²) >= 11 is 0. The molecule has 0 N–H and O–H groups in total. The van der Waals surface area contributed by atoms with E-state index in [2.05, 4.69) is 24.3 Å². The number of ether oxygens (including phenoxy) is 1. The summed E-state index contributed by atoms with van der Waals surface area (Å²) in [6.45, 7) is 2.37. The smallest absolute Gasteiger partial charge is 0.312 e. The molecule has 0 spiro atoms. The van der Waals surface area contributed by atoms with Crippen molar-refractivity contribution in [2.45, 2.75) is 51.4 Å². The first-order valence-electron chi connectivity index (χ1n) is 8.80. The lowest BCUT2D eigenvalue weighted by molar-refractivity contribution is -0.160. The number of esters is 1. The molecule has 1 aromatic heterocycles. The second-order valence-electron chi connectivity index (χ2n) is 6.89. The van der Waals surface area contributed by atoms with Crippen LogP contribution in [-0.4, -0.2) is 17.6 Å². The molecule has 0 radical (unpaired) electrons. The Hall–Kier alpha value is -1.90. The standard InChI is InChI=1S/C20H23NO2/c1-2-23-19(22)20-11-6-5-8-16(20)15-13-14-7-3-4-9-17(14)21-18(15)10-12-20/h3-4,7,9,13,16H,2,5-6,8,10-12H2,1H3/t16-,20-/m1/s1. The Morgan fingerprint density at radius 3 is 3.04 bits per heavy atom. The van der Waals surface area contributed by atoms with Gasteiger partial charge in [-0.05, 0) is 50.3 Å². The minimum atomic E-state index is -0.314. The predicted molar refractivity (Wildman–Crippen MR) is 90.3 cm³/mol. The van der Waals surface area contributed by atoms with Gasteiger partial charge in [0.15, 0.2) is 0 Å². The summed E-state index contributed by atoms with van der Waals surface area (Å²) in [5.41, 5.74) is 3.23. The van der Waals surface area contributed by atoms with Crippen LogP contribution in [0.25, 0.3) is 10.9 Å². The van der Waals surface area contributed by atoms with Crippen LogP contribution in [0.3, 0.4) is 0 Å². The highest BCUT2D eigenvalue weighted by atomic mass is 16.5. The summed E-state index contributed by atoms with van der Waals surface area (Å²) in [6.07, 6.45) is 6.13. The summed E-state index contributed by atoms with van der Waals surface area (Å²) in [5, 5.41) is 1.18. The van der Waals surface area contributed by atoms with Gasteiger partial charge >= 0.3 is 5.97 Å². The topological polar surface area (TPSA) is 39.2 Å². The number of hydrogen-bond donors (Lipinski definition) is 0. The largest absolute Gasteiger partial charge is 0.466 e. The van der Waals surface area contributed by atoms with Crippen LogP contribution in [0.15, 0.2) is 30.3 Å². The second kappa shape index (κ2) is 5.63. The van der Waals surface area contributed by atoms with Crippen LogP contribution in [-0.2, 0) is 16.0 Å². The third-order valence-electron chi connectivity index (χ3n) is 5.73. The molecule has 2 aliphatic carbocycles. The van der Waals surface area contributed by atoms with Crippen molar-refractivity contribution < 1.29 is 9.53 Å². The van der Waals surface area contributed by atoms with Crippen LogP contribution in [0.5, 0.6) is 0 Å². The highest BCUT2D eigenvalue weighted by molar-refractivity contribution is 5.82. The summed E-state index contributed by atoms with van der Waals surface area (Å²) in [4.78, 5) is 17.7. The molecule has 1 saturated carbocycles. The Labute approximate surface area is 137 Å². The first kappa shape index (κ1) is 14.7. The molecule has 23 heavy (non-hydrogen) atoms. The molecule has 3 heteroatoms. The summed E-state index contributed by atoms with van der Waals surface area (Å²) in [7, 11) is 0. The fourth-order valence-electron chi connectivity index (χ4n) is 4.63. The molecular weight excluding hydrogens is 286 g/mol. The second-order valence-corrected chi connectivity index (χ2v) is 6.89. The number of rotatable bonds is 2. The van der Waals surface area contributed by atoms with Gasteiger partial charge in [0.05, 0.1) is 17.5 Å². The Balaban J connectivity index is 1.83. The van der Waals surface area contributed by atoms with E-state index in [0.29, 0.717) is 6.61 Å². The maximum atomic E-state index is 12.8. The molecule has 0 unspecified atom stereocenters. The third kappa shape index (κ3) is 2.25. The monoisotopic (exact) mass is 309 g/mol. The Morgan fingerprint density at radius 1 is 1.30 bits per heavy atom. The van der Waals surface area contributed by atoms with Gasteiger partial charge in [-0.1, -0.05) is 31.0 Å². The number of nitrogens with zero attached hydrogens (tertiary/aromatic N) is 1. The Morgan fingerprint density at radius 2 is 2.17 bits per heavy atom. The van der Waals surface area contributed by atoms with E-state index in [9.17, 15) is 4.79 Å². The third-order valence-corrected chi connectivity index (χ3v) is 5.73. The van der Waals surface area contributed by atoms with Gasteiger partial charge in [0.2, 0.25) is 0 Å². The van der Waals surface area contributed by atoms with E-state index in [4.69, 9.17) is 9.72 Å². The van der Waals surface area contributed by atoms with Crippen molar-refractivity contribution in [3.8, 4) is 0 Å². The lowest BCUT2D eigenvalue weighted by Gasteiger charge is -2.45. The average Bonchev–Trinajstić information content (AvgIpc) is 2.60. The predicted octanol–water partition coefficient (Wildman–Crippen LogP) is 4.39. The molecule has 4 rings (SSSR count). The van der Waals surface area contributed by atoms with E-state index in [-0.39, 0.29) is 17.3 Å². The lowest BCUT2D eigenvalue weighted by Crippen LogP contribution is -2.44. The van der Waals surface area contributed by atoms with Gasteiger partial charge in [0.1, 0.15) is 0 Å². The number of aromatic nitrogens is 1. The first-order valence-corrected chi connectivity index (χ1v) is 8.80. The molecule has 2 atom stereocenters. The van der Waals surface area contributed by atoms with Crippen LogP contribution in [0.1, 0.15) is 56.2 Å². The van der Waals surface area contributed by atoms with Crippen LogP contribution in [0, 0.1) is 5.41 Å². The SMILES string of the molecule is CCOC(=O)[C@@]12CCCC[C@@H]1c1cc3ccccc3nc1CC2. The van der Waals surface area contributed by atoms with Gasteiger partial charge in [-0.15, -0.1) is 0 Å². The molecule has 0 saturated heterocycles. The number of carbonyl (C=O) groups excluding carboxylic acids is 1. The Bertz CT molecular complexity index is 754. The molecule has 1 aromatic carbocycles. The van der Waals surface area contributed by atoms with E-state index in [1.807, 2.05) is 13.0 Å². The van der Waals surface area contributed by atoms with Crippen molar-refractivity contribution in [3.63, 3.8) is 0 Å². The van der Waals surface area contributed by atoms with Crippen LogP contribution in [0.2, 0.25) is 0 Å². The van der Waals surface area contributed by atoms with E-state index < -0.39 is 0 Å². The number of hydrogen-bond acceptors (Lipinski definition) is 3. The maximum absolute atomic E-state index is 12.8. The zero-order chi connectivity index (χ0) is 15.9. The van der Waals surface area contributed by atoms with Crippen LogP contribution < -0.4 is 0 Å². The average molecular weight is 309 g/mol. The number of pyridine rings is 1. The minimum absolute atomic E-state index is 0.0171. The van der Waals surface area contributed by atoms with Crippen molar-refractivity contribution in [2.24, 2.45) is 5.41 Å². The molecule has 0 amide bonds.